The molecule has 0 aliphatic rings. The van der Waals surface area contributed by atoms with Gasteiger partial charge in [0, 0.05) is 7.98 Å². The molecular formula is C18H22OSi. The summed E-state index contributed by atoms with van der Waals surface area (Å²) in [4.78, 5) is 0. The monoisotopic (exact) mass is 283 g/mol. The van der Waals surface area contributed by atoms with Crippen LogP contribution in [0.1, 0.15) is 6.93 Å². The standard InChI is InChI=1S/C18H22OSi/c1-20(2,17-11-7-4-8-12-17)18(15-19)14-13-16-9-5-3-6-10-16/h3-14,18-19H,15H2,1-2H3/b14-13+/i18D. The van der Waals surface area contributed by atoms with Crippen molar-refractivity contribution in [1.82, 2.24) is 0 Å². The maximum absolute atomic E-state index is 9.86. The van der Waals surface area contributed by atoms with Crippen molar-refractivity contribution >= 4 is 19.3 Å². The molecule has 1 atom stereocenters. The highest BCUT2D eigenvalue weighted by atomic mass is 28.3. The van der Waals surface area contributed by atoms with Gasteiger partial charge in [-0.05, 0) is 11.1 Å². The van der Waals surface area contributed by atoms with Gasteiger partial charge < -0.3 is 5.11 Å². The van der Waals surface area contributed by atoms with E-state index >= 15 is 0 Å². The third-order valence-corrected chi connectivity index (χ3v) is 7.45. The van der Waals surface area contributed by atoms with Crippen molar-refractivity contribution in [2.75, 3.05) is 6.61 Å². The van der Waals surface area contributed by atoms with Gasteiger partial charge in [-0.1, -0.05) is 91.1 Å². The zero-order chi connectivity index (χ0) is 15.3. The Labute approximate surface area is 124 Å². The van der Waals surface area contributed by atoms with Crippen molar-refractivity contribution in [3.63, 3.8) is 0 Å². The highest BCUT2D eigenvalue weighted by molar-refractivity contribution is 6.91. The average Bonchev–Trinajstić information content (AvgIpc) is 2.54. The predicted molar refractivity (Wildman–Crippen MR) is 89.9 cm³/mol. The first kappa shape index (κ1) is 13.3. The number of aliphatic hydroxyl groups excluding tert-OH is 1. The summed E-state index contributed by atoms with van der Waals surface area (Å²) in [7, 11) is -2.16. The molecule has 0 saturated carbocycles. The lowest BCUT2D eigenvalue weighted by Crippen LogP contribution is -2.46. The summed E-state index contributed by atoms with van der Waals surface area (Å²) in [5.74, 6) is 0. The summed E-state index contributed by atoms with van der Waals surface area (Å²) in [5, 5.41) is 11.0. The fraction of sp³-hybridized carbons (Fsp3) is 0.222. The van der Waals surface area contributed by atoms with Crippen LogP contribution in [0.3, 0.4) is 0 Å². The van der Waals surface area contributed by atoms with Crippen molar-refractivity contribution in [2.24, 2.45) is 0 Å². The molecule has 0 radical (unpaired) electrons. The quantitative estimate of drug-likeness (QED) is 0.830. The van der Waals surface area contributed by atoms with E-state index in [2.05, 4.69) is 25.2 Å². The number of aliphatic hydroxyl groups is 1. The van der Waals surface area contributed by atoms with Crippen molar-refractivity contribution in [2.45, 2.75) is 18.6 Å². The summed E-state index contributed by atoms with van der Waals surface area (Å²) in [5.41, 5.74) is 0.116. The van der Waals surface area contributed by atoms with Gasteiger partial charge >= 0.3 is 0 Å². The molecule has 0 spiro atoms. The summed E-state index contributed by atoms with van der Waals surface area (Å²) < 4.78 is 8.78. The number of hydrogen-bond donors (Lipinski definition) is 1. The van der Waals surface area contributed by atoms with Crippen molar-refractivity contribution < 1.29 is 6.48 Å². The van der Waals surface area contributed by atoms with Crippen LogP contribution in [0.5, 0.6) is 0 Å². The molecule has 2 heteroatoms. The van der Waals surface area contributed by atoms with E-state index < -0.39 is 13.6 Å². The van der Waals surface area contributed by atoms with Crippen LogP contribution >= 0.6 is 0 Å². The molecule has 2 rings (SSSR count). The molecule has 0 heterocycles. The summed E-state index contributed by atoms with van der Waals surface area (Å²) in [6.45, 7) is 4.12. The largest absolute Gasteiger partial charge is 0.396 e. The van der Waals surface area contributed by atoms with E-state index in [-0.39, 0.29) is 6.61 Å². The molecule has 0 saturated heterocycles. The van der Waals surface area contributed by atoms with Gasteiger partial charge in [0.15, 0.2) is 0 Å². The highest BCUT2D eigenvalue weighted by Crippen LogP contribution is 2.24. The van der Waals surface area contributed by atoms with E-state index in [1.807, 2.05) is 60.7 Å². The first-order valence-corrected chi connectivity index (χ1v) is 9.90. The van der Waals surface area contributed by atoms with Crippen molar-refractivity contribution in [1.29, 1.82) is 0 Å². The molecule has 1 N–H and O–H groups in total. The van der Waals surface area contributed by atoms with Crippen molar-refractivity contribution in [3.8, 4) is 0 Å². The van der Waals surface area contributed by atoms with Crippen LogP contribution in [0.15, 0.2) is 66.7 Å². The molecule has 0 fully saturated rings. The van der Waals surface area contributed by atoms with Crippen LogP contribution in [-0.2, 0) is 0 Å². The molecule has 1 nitrogen and oxygen atoms in total. The molecule has 1 unspecified atom stereocenters. The molecule has 0 aliphatic carbocycles. The van der Waals surface area contributed by atoms with Gasteiger partial charge in [-0.2, -0.15) is 0 Å². The van der Waals surface area contributed by atoms with Gasteiger partial charge in [0.2, 0.25) is 0 Å². The second-order valence-corrected chi connectivity index (χ2v) is 9.89. The number of rotatable bonds is 5. The van der Waals surface area contributed by atoms with Crippen LogP contribution in [0, 0.1) is 0 Å². The molecule has 0 amide bonds. The van der Waals surface area contributed by atoms with E-state index in [1.165, 1.54) is 5.19 Å². The second kappa shape index (κ2) is 6.68. The topological polar surface area (TPSA) is 20.2 Å². The minimum Gasteiger partial charge on any atom is -0.396 e. The third kappa shape index (κ3) is 3.47. The minimum atomic E-state index is -2.16. The zero-order valence-electron chi connectivity index (χ0n) is 13.1. The van der Waals surface area contributed by atoms with Gasteiger partial charge in [-0.25, -0.2) is 0 Å². The zero-order valence-corrected chi connectivity index (χ0v) is 13.1. The Morgan fingerprint density at radius 3 is 2.15 bits per heavy atom. The number of hydrogen-bond acceptors (Lipinski definition) is 1. The van der Waals surface area contributed by atoms with E-state index in [0.717, 1.165) is 5.56 Å². The maximum atomic E-state index is 9.86. The van der Waals surface area contributed by atoms with Crippen LogP contribution < -0.4 is 5.19 Å². The van der Waals surface area contributed by atoms with Crippen LogP contribution in [0.25, 0.3) is 6.08 Å². The van der Waals surface area contributed by atoms with Gasteiger partial charge in [-0.15, -0.1) is 0 Å². The SMILES string of the molecule is [2H]C(/C=C/c1ccccc1)(CO)[Si](C)(C)c1ccccc1. The molecular weight excluding hydrogens is 260 g/mol. The molecule has 0 aliphatic heterocycles. The second-order valence-electron chi connectivity index (χ2n) is 5.42. The summed E-state index contributed by atoms with van der Waals surface area (Å²) in [6, 6.07) is 20.1. The Bertz CT molecular complexity index is 595. The van der Waals surface area contributed by atoms with E-state index in [4.69, 9.17) is 1.37 Å². The van der Waals surface area contributed by atoms with Crippen LogP contribution in [-0.4, -0.2) is 19.8 Å². The minimum absolute atomic E-state index is 0.162. The first-order valence-electron chi connectivity index (χ1n) is 7.40. The lowest BCUT2D eigenvalue weighted by molar-refractivity contribution is 0.300. The number of benzene rings is 2. The molecule has 2 aromatic carbocycles. The van der Waals surface area contributed by atoms with Gasteiger partial charge in [-0.3, -0.25) is 0 Å². The average molecular weight is 283 g/mol. The Hall–Kier alpha value is -1.64. The van der Waals surface area contributed by atoms with Gasteiger partial charge in [0.25, 0.3) is 0 Å². The molecule has 104 valence electrons. The fourth-order valence-corrected chi connectivity index (χ4v) is 4.55. The van der Waals surface area contributed by atoms with Gasteiger partial charge in [0.05, 0.1) is 8.07 Å². The highest BCUT2D eigenvalue weighted by Gasteiger charge is 2.31. The fourth-order valence-electron chi connectivity index (χ4n) is 2.26. The van der Waals surface area contributed by atoms with E-state index in [9.17, 15) is 5.11 Å². The Balaban J connectivity index is 2.34. The first-order chi connectivity index (χ1) is 9.99. The molecule has 0 aromatic heterocycles. The van der Waals surface area contributed by atoms with Crippen molar-refractivity contribution in [3.05, 3.63) is 72.3 Å². The Kier molecular flexibility index (Phi) is 4.46. The Morgan fingerprint density at radius 2 is 1.60 bits per heavy atom. The van der Waals surface area contributed by atoms with E-state index in [1.54, 1.807) is 0 Å². The predicted octanol–water partition coefficient (Wildman–Crippen LogP) is 3.68. The smallest absolute Gasteiger partial charge is 0.0898 e. The lowest BCUT2D eigenvalue weighted by atomic mass is 10.2. The van der Waals surface area contributed by atoms with Crippen LogP contribution in [0.4, 0.5) is 0 Å². The summed E-state index contributed by atoms with van der Waals surface area (Å²) in [6.07, 6.45) is 3.81. The van der Waals surface area contributed by atoms with Gasteiger partial charge in [0.1, 0.15) is 0 Å². The third-order valence-electron chi connectivity index (χ3n) is 3.75. The molecule has 20 heavy (non-hydrogen) atoms. The molecule has 2 aromatic rings. The van der Waals surface area contributed by atoms with Crippen LogP contribution in [0.2, 0.25) is 18.6 Å². The normalized spacial score (nSPS) is 15.8. The lowest BCUT2D eigenvalue weighted by Gasteiger charge is -2.29. The maximum Gasteiger partial charge on any atom is 0.0898 e. The Morgan fingerprint density at radius 1 is 1.05 bits per heavy atom. The summed E-state index contributed by atoms with van der Waals surface area (Å²) >= 11 is 0. The van der Waals surface area contributed by atoms with E-state index in [0.29, 0.717) is 0 Å². The molecule has 0 bridgehead atoms.